The Hall–Kier alpha value is -6.44. The maximum atomic E-state index is 14.8. The van der Waals surface area contributed by atoms with Crippen LogP contribution in [0, 0.1) is 12.8 Å². The number of amides is 2. The van der Waals surface area contributed by atoms with Gasteiger partial charge in [0.1, 0.15) is 6.04 Å². The molecule has 0 bridgehead atoms. The quantitative estimate of drug-likeness (QED) is 0.137. The fourth-order valence-electron chi connectivity index (χ4n) is 9.29. The molecule has 1 fully saturated rings. The summed E-state index contributed by atoms with van der Waals surface area (Å²) in [5, 5.41) is 4.30. The van der Waals surface area contributed by atoms with Gasteiger partial charge in [0, 0.05) is 59.6 Å². The van der Waals surface area contributed by atoms with E-state index in [0.717, 1.165) is 71.6 Å². The molecule has 59 heavy (non-hydrogen) atoms. The van der Waals surface area contributed by atoms with Crippen molar-refractivity contribution in [3.63, 3.8) is 0 Å². The highest BCUT2D eigenvalue weighted by Crippen LogP contribution is 2.47. The van der Waals surface area contributed by atoms with Crippen LogP contribution in [0.25, 0.3) is 22.2 Å². The van der Waals surface area contributed by atoms with Crippen LogP contribution in [-0.4, -0.2) is 58.8 Å². The molecule has 0 radical (unpaired) electrons. The van der Waals surface area contributed by atoms with E-state index in [2.05, 4.69) is 150 Å². The minimum atomic E-state index is -0.723. The van der Waals surface area contributed by atoms with Gasteiger partial charge in [-0.3, -0.25) is 14.5 Å². The molecule has 2 aliphatic rings. The molecule has 2 aliphatic heterocycles. The zero-order valence-electron chi connectivity index (χ0n) is 34.0. The molecule has 2 N–H and O–H groups in total. The third-order valence-electron chi connectivity index (χ3n) is 12.5. The summed E-state index contributed by atoms with van der Waals surface area (Å²) in [6.07, 6.45) is 0.726. The summed E-state index contributed by atoms with van der Waals surface area (Å²) in [6, 6.07) is 53.4. The van der Waals surface area contributed by atoms with Crippen molar-refractivity contribution in [2.75, 3.05) is 36.4 Å². The first kappa shape index (κ1) is 38.1. The number of benzene rings is 6. The van der Waals surface area contributed by atoms with Gasteiger partial charge < -0.3 is 20.1 Å². The first-order valence-electron chi connectivity index (χ1n) is 21.0. The van der Waals surface area contributed by atoms with Crippen LogP contribution in [0.4, 0.5) is 11.4 Å². The average Bonchev–Trinajstić information content (AvgIpc) is 3.79. The summed E-state index contributed by atoms with van der Waals surface area (Å²) in [7, 11) is 0. The van der Waals surface area contributed by atoms with Gasteiger partial charge in [-0.15, -0.1) is 0 Å². The number of aromatic nitrogens is 1. The van der Waals surface area contributed by atoms with Crippen LogP contribution < -0.4 is 10.2 Å². The average molecular weight is 778 g/mol. The van der Waals surface area contributed by atoms with E-state index in [9.17, 15) is 9.59 Å². The molecule has 3 unspecified atom stereocenters. The lowest BCUT2D eigenvalue weighted by Crippen LogP contribution is -2.50. The Morgan fingerprint density at radius 1 is 0.729 bits per heavy atom. The monoisotopic (exact) mass is 777 g/mol. The first-order chi connectivity index (χ1) is 28.9. The van der Waals surface area contributed by atoms with E-state index < -0.39 is 12.1 Å². The van der Waals surface area contributed by atoms with E-state index in [1.165, 1.54) is 16.7 Å². The number of nitrogens with one attached hydrogen (secondary N) is 2. The molecule has 2 amide bonds. The third kappa shape index (κ3) is 7.32. The van der Waals surface area contributed by atoms with Crippen LogP contribution in [0.1, 0.15) is 70.5 Å². The molecule has 296 valence electrons. The lowest BCUT2D eigenvalue weighted by molar-refractivity contribution is -0.122. The van der Waals surface area contributed by atoms with E-state index in [1.54, 1.807) is 0 Å². The fourth-order valence-corrected chi connectivity index (χ4v) is 9.29. The second-order valence-electron chi connectivity index (χ2n) is 16.1. The van der Waals surface area contributed by atoms with Crippen LogP contribution in [0.3, 0.4) is 0 Å². The number of carbonyl (C=O) groups is 2. The number of H-pyrrole nitrogens is 1. The second kappa shape index (κ2) is 16.4. The molecule has 3 heterocycles. The molecule has 0 aliphatic carbocycles. The van der Waals surface area contributed by atoms with Gasteiger partial charge in [-0.2, -0.15) is 0 Å². The number of nitrogens with zero attached hydrogens (tertiary/aromatic N) is 3. The summed E-state index contributed by atoms with van der Waals surface area (Å²) in [6.45, 7) is 9.91. The predicted octanol–water partition coefficient (Wildman–Crippen LogP) is 10.7. The first-order valence-corrected chi connectivity index (χ1v) is 21.0. The largest absolute Gasteiger partial charge is 0.369 e. The lowest BCUT2D eigenvalue weighted by Gasteiger charge is -2.40. The Labute approximate surface area is 347 Å². The smallest absolute Gasteiger partial charge is 0.255 e. The molecule has 3 atom stereocenters. The van der Waals surface area contributed by atoms with Crippen molar-refractivity contribution in [3.8, 4) is 11.3 Å². The van der Waals surface area contributed by atoms with Crippen molar-refractivity contribution in [2.24, 2.45) is 5.92 Å². The Bertz CT molecular complexity index is 2520. The van der Waals surface area contributed by atoms with E-state index in [4.69, 9.17) is 0 Å². The van der Waals surface area contributed by atoms with Crippen molar-refractivity contribution >= 4 is 34.1 Å². The number of para-hydroxylation sites is 1. The van der Waals surface area contributed by atoms with Gasteiger partial charge in [0.25, 0.3) is 5.91 Å². The van der Waals surface area contributed by atoms with E-state index in [-0.39, 0.29) is 23.8 Å². The standard InChI is InChI=1S/C52H51N5O2/c1-4-36(3)48(57-50(42-19-11-12-20-43(42)52(57)59)46-44-21-13-14-22-45(44)54-47(46)37-25-23-35(2)24-26-37)51(58)53-40-27-29-41(30-28-40)55-31-33-56(34-32-55)49(38-15-7-5-8-16-38)39-17-9-6-10-18-39/h5-30,36,48-50,54H,4,31-34H2,1-3H3,(H,53,58). The van der Waals surface area contributed by atoms with Crippen LogP contribution in [0.15, 0.2) is 158 Å². The molecular formula is C52H51N5O2. The van der Waals surface area contributed by atoms with Gasteiger partial charge in [-0.05, 0) is 71.5 Å². The number of aromatic amines is 1. The van der Waals surface area contributed by atoms with Crippen LogP contribution >= 0.6 is 0 Å². The summed E-state index contributed by atoms with van der Waals surface area (Å²) in [4.78, 5) is 40.1. The minimum Gasteiger partial charge on any atom is -0.369 e. The van der Waals surface area contributed by atoms with Crippen LogP contribution in [0.5, 0.6) is 0 Å². The van der Waals surface area contributed by atoms with Gasteiger partial charge >= 0.3 is 0 Å². The summed E-state index contributed by atoms with van der Waals surface area (Å²) in [5.74, 6) is -0.422. The van der Waals surface area contributed by atoms with Crippen molar-refractivity contribution in [3.05, 3.63) is 191 Å². The van der Waals surface area contributed by atoms with Crippen LogP contribution in [-0.2, 0) is 4.79 Å². The van der Waals surface area contributed by atoms with Gasteiger partial charge in [-0.1, -0.05) is 147 Å². The van der Waals surface area contributed by atoms with Crippen molar-refractivity contribution in [1.29, 1.82) is 0 Å². The number of aryl methyl sites for hydroxylation is 1. The molecule has 1 saturated heterocycles. The van der Waals surface area contributed by atoms with Crippen molar-refractivity contribution in [1.82, 2.24) is 14.8 Å². The highest BCUT2D eigenvalue weighted by atomic mass is 16.2. The zero-order valence-corrected chi connectivity index (χ0v) is 34.0. The lowest BCUT2D eigenvalue weighted by atomic mass is 9.90. The summed E-state index contributed by atoms with van der Waals surface area (Å²) >= 11 is 0. The molecule has 6 aromatic carbocycles. The maximum absolute atomic E-state index is 14.8. The van der Waals surface area contributed by atoms with E-state index in [1.807, 2.05) is 53.4 Å². The molecule has 7 heteroatoms. The fraction of sp³-hybridized carbons (Fsp3) is 0.231. The third-order valence-corrected chi connectivity index (χ3v) is 12.5. The van der Waals surface area contributed by atoms with Gasteiger partial charge in [0.2, 0.25) is 5.91 Å². The van der Waals surface area contributed by atoms with Gasteiger partial charge in [-0.25, -0.2) is 0 Å². The SMILES string of the molecule is CCC(C)C(C(=O)Nc1ccc(N2CCN(C(c3ccccc3)c3ccccc3)CC2)cc1)N1C(=O)c2ccccc2C1c1c(-c2ccc(C)cc2)[nH]c2ccccc12. The highest BCUT2D eigenvalue weighted by molar-refractivity contribution is 6.06. The van der Waals surface area contributed by atoms with Gasteiger partial charge in [0.15, 0.2) is 0 Å². The maximum Gasteiger partial charge on any atom is 0.255 e. The summed E-state index contributed by atoms with van der Waals surface area (Å²) < 4.78 is 0. The number of carbonyl (C=O) groups excluding carboxylic acids is 2. The summed E-state index contributed by atoms with van der Waals surface area (Å²) in [5.41, 5.74) is 11.2. The second-order valence-corrected chi connectivity index (χ2v) is 16.1. The number of anilines is 2. The van der Waals surface area contributed by atoms with Gasteiger partial charge in [0.05, 0.1) is 17.8 Å². The van der Waals surface area contributed by atoms with E-state index >= 15 is 0 Å². The Morgan fingerprint density at radius 2 is 1.34 bits per heavy atom. The minimum absolute atomic E-state index is 0.116. The molecule has 0 spiro atoms. The van der Waals surface area contributed by atoms with E-state index in [0.29, 0.717) is 11.3 Å². The number of hydrogen-bond acceptors (Lipinski definition) is 4. The predicted molar refractivity (Wildman–Crippen MR) is 240 cm³/mol. The molecule has 0 saturated carbocycles. The number of piperazine rings is 1. The number of rotatable bonds is 11. The zero-order chi connectivity index (χ0) is 40.5. The Balaban J connectivity index is 0.980. The molecular weight excluding hydrogens is 727 g/mol. The highest BCUT2D eigenvalue weighted by Gasteiger charge is 2.47. The molecule has 7 nitrogen and oxygen atoms in total. The number of hydrogen-bond donors (Lipinski definition) is 2. The Kier molecular flexibility index (Phi) is 10.6. The molecule has 1 aromatic heterocycles. The number of fused-ring (bicyclic) bond motifs is 2. The molecule has 9 rings (SSSR count). The van der Waals surface area contributed by atoms with Crippen LogP contribution in [0.2, 0.25) is 0 Å². The van der Waals surface area contributed by atoms with Crippen molar-refractivity contribution < 1.29 is 9.59 Å². The Morgan fingerprint density at radius 3 is 2.00 bits per heavy atom. The normalized spacial score (nSPS) is 16.7. The topological polar surface area (TPSA) is 71.7 Å². The molecule has 7 aromatic rings. The van der Waals surface area contributed by atoms with Crippen molar-refractivity contribution in [2.45, 2.75) is 45.3 Å².